The molecule has 0 radical (unpaired) electrons. The zero-order chi connectivity index (χ0) is 21.3. The highest BCUT2D eigenvalue weighted by atomic mass is 16.5. The van der Waals surface area contributed by atoms with Crippen molar-refractivity contribution in [2.75, 3.05) is 26.2 Å². The van der Waals surface area contributed by atoms with Gasteiger partial charge in [-0.1, -0.05) is 74.5 Å². The summed E-state index contributed by atoms with van der Waals surface area (Å²) in [6.07, 6.45) is -0.561. The number of rotatable bonds is 7. The van der Waals surface area contributed by atoms with E-state index in [1.165, 1.54) is 5.56 Å². The zero-order valence-corrected chi connectivity index (χ0v) is 17.8. The maximum Gasteiger partial charge on any atom is 0.408 e. The van der Waals surface area contributed by atoms with Gasteiger partial charge in [-0.15, -0.1) is 0 Å². The van der Waals surface area contributed by atoms with Crippen LogP contribution in [0.25, 0.3) is 0 Å². The molecule has 1 saturated heterocycles. The lowest BCUT2D eigenvalue weighted by molar-refractivity contribution is -0.136. The molecule has 0 aromatic heterocycles. The second kappa shape index (κ2) is 10.8. The van der Waals surface area contributed by atoms with Gasteiger partial charge in [-0.2, -0.15) is 0 Å². The van der Waals surface area contributed by atoms with E-state index in [4.69, 9.17) is 4.74 Å². The molecule has 0 aliphatic carbocycles. The molecule has 1 N–H and O–H groups in total. The Balaban J connectivity index is 1.48. The second-order valence-corrected chi connectivity index (χ2v) is 8.01. The van der Waals surface area contributed by atoms with Gasteiger partial charge in [0.15, 0.2) is 0 Å². The fourth-order valence-corrected chi connectivity index (χ4v) is 3.57. The van der Waals surface area contributed by atoms with Crippen LogP contribution >= 0.6 is 0 Å². The maximum atomic E-state index is 13.1. The van der Waals surface area contributed by atoms with Gasteiger partial charge >= 0.3 is 6.09 Å². The van der Waals surface area contributed by atoms with E-state index < -0.39 is 12.1 Å². The van der Waals surface area contributed by atoms with Gasteiger partial charge in [0.2, 0.25) is 5.91 Å². The molecule has 2 amide bonds. The Morgan fingerprint density at radius 1 is 0.900 bits per heavy atom. The minimum Gasteiger partial charge on any atom is -0.445 e. The first-order valence-corrected chi connectivity index (χ1v) is 10.5. The van der Waals surface area contributed by atoms with Gasteiger partial charge in [-0.05, 0) is 17.0 Å². The molecule has 0 spiro atoms. The summed E-state index contributed by atoms with van der Waals surface area (Å²) in [6, 6.07) is 19.3. The Hall–Kier alpha value is -2.86. The van der Waals surface area contributed by atoms with Crippen LogP contribution in [0.3, 0.4) is 0 Å². The van der Waals surface area contributed by atoms with E-state index in [0.29, 0.717) is 13.1 Å². The maximum absolute atomic E-state index is 13.1. The summed E-state index contributed by atoms with van der Waals surface area (Å²) in [5, 5.41) is 2.77. The zero-order valence-electron chi connectivity index (χ0n) is 17.8. The van der Waals surface area contributed by atoms with Crippen molar-refractivity contribution in [3.8, 4) is 0 Å². The highest BCUT2D eigenvalue weighted by Gasteiger charge is 2.31. The molecule has 1 unspecified atom stereocenters. The van der Waals surface area contributed by atoms with E-state index in [1.807, 2.05) is 67.3 Å². The fourth-order valence-electron chi connectivity index (χ4n) is 3.57. The van der Waals surface area contributed by atoms with Crippen LogP contribution in [0.1, 0.15) is 25.0 Å². The number of amides is 2. The fraction of sp³-hybridized carbons (Fsp3) is 0.417. The number of benzene rings is 2. The highest BCUT2D eigenvalue weighted by Crippen LogP contribution is 2.12. The predicted molar refractivity (Wildman–Crippen MR) is 117 cm³/mol. The Bertz CT molecular complexity index is 803. The van der Waals surface area contributed by atoms with Crippen LogP contribution in [-0.4, -0.2) is 54.0 Å². The molecule has 30 heavy (non-hydrogen) atoms. The third kappa shape index (κ3) is 6.32. The molecular weight excluding hydrogens is 378 g/mol. The van der Waals surface area contributed by atoms with Gasteiger partial charge in [-0.3, -0.25) is 9.69 Å². The summed E-state index contributed by atoms with van der Waals surface area (Å²) < 4.78 is 5.30. The number of hydrogen-bond acceptors (Lipinski definition) is 4. The van der Waals surface area contributed by atoms with Crippen LogP contribution in [0.5, 0.6) is 0 Å². The summed E-state index contributed by atoms with van der Waals surface area (Å²) in [5.41, 5.74) is 2.19. The Kier molecular flexibility index (Phi) is 7.85. The van der Waals surface area contributed by atoms with Crippen LogP contribution in [-0.2, 0) is 22.7 Å². The lowest BCUT2D eigenvalue weighted by Gasteiger charge is -2.37. The molecular formula is C24H31N3O3. The summed E-state index contributed by atoms with van der Waals surface area (Å²) in [7, 11) is 0. The Morgan fingerprint density at radius 2 is 1.47 bits per heavy atom. The largest absolute Gasteiger partial charge is 0.445 e. The quantitative estimate of drug-likeness (QED) is 0.762. The Labute approximate surface area is 178 Å². The molecule has 2 aromatic rings. The van der Waals surface area contributed by atoms with E-state index in [1.54, 1.807) is 0 Å². The second-order valence-electron chi connectivity index (χ2n) is 8.01. The lowest BCUT2D eigenvalue weighted by atomic mass is 10.0. The highest BCUT2D eigenvalue weighted by molar-refractivity contribution is 5.86. The van der Waals surface area contributed by atoms with Crippen molar-refractivity contribution in [1.29, 1.82) is 0 Å². The molecule has 0 saturated carbocycles. The van der Waals surface area contributed by atoms with Crippen molar-refractivity contribution in [1.82, 2.24) is 15.1 Å². The van der Waals surface area contributed by atoms with Crippen molar-refractivity contribution in [2.45, 2.75) is 33.0 Å². The average molecular weight is 410 g/mol. The number of carbonyl (C=O) groups excluding carboxylic acids is 2. The topological polar surface area (TPSA) is 61.9 Å². The van der Waals surface area contributed by atoms with Crippen LogP contribution in [0, 0.1) is 5.92 Å². The van der Waals surface area contributed by atoms with E-state index in [2.05, 4.69) is 22.3 Å². The monoisotopic (exact) mass is 409 g/mol. The summed E-state index contributed by atoms with van der Waals surface area (Å²) in [5.74, 6) is -0.0647. The van der Waals surface area contributed by atoms with Crippen LogP contribution in [0.15, 0.2) is 60.7 Å². The van der Waals surface area contributed by atoms with Gasteiger partial charge in [0.05, 0.1) is 0 Å². The Morgan fingerprint density at radius 3 is 2.03 bits per heavy atom. The molecule has 2 aromatic carbocycles. The molecule has 1 heterocycles. The number of alkyl carbamates (subject to hydrolysis) is 1. The molecule has 6 heteroatoms. The van der Waals surface area contributed by atoms with E-state index in [0.717, 1.165) is 25.2 Å². The SMILES string of the molecule is CC(C)C(NC(=O)OCc1ccccc1)C(=O)N1CCN(Cc2ccccc2)CC1. The molecule has 160 valence electrons. The van der Waals surface area contributed by atoms with Gasteiger partial charge in [0, 0.05) is 32.7 Å². The summed E-state index contributed by atoms with van der Waals surface area (Å²) >= 11 is 0. The van der Waals surface area contributed by atoms with Crippen LogP contribution in [0.4, 0.5) is 4.79 Å². The van der Waals surface area contributed by atoms with Gasteiger partial charge in [-0.25, -0.2) is 4.79 Å². The van der Waals surface area contributed by atoms with Gasteiger partial charge in [0.1, 0.15) is 12.6 Å². The molecule has 3 rings (SSSR count). The van der Waals surface area contributed by atoms with Crippen molar-refractivity contribution in [2.24, 2.45) is 5.92 Å². The molecule has 1 fully saturated rings. The predicted octanol–water partition coefficient (Wildman–Crippen LogP) is 3.28. The van der Waals surface area contributed by atoms with Crippen molar-refractivity contribution in [3.05, 3.63) is 71.8 Å². The summed E-state index contributed by atoms with van der Waals surface area (Å²) in [4.78, 5) is 29.5. The van der Waals surface area contributed by atoms with Crippen molar-refractivity contribution >= 4 is 12.0 Å². The van der Waals surface area contributed by atoms with E-state index >= 15 is 0 Å². The van der Waals surface area contributed by atoms with Gasteiger partial charge < -0.3 is 15.0 Å². The molecule has 0 bridgehead atoms. The van der Waals surface area contributed by atoms with Crippen molar-refractivity contribution < 1.29 is 14.3 Å². The number of ether oxygens (including phenoxy) is 1. The molecule has 1 aliphatic heterocycles. The minimum absolute atomic E-state index is 0.0240. The number of hydrogen-bond donors (Lipinski definition) is 1. The smallest absolute Gasteiger partial charge is 0.408 e. The lowest BCUT2D eigenvalue weighted by Crippen LogP contribution is -2.56. The van der Waals surface area contributed by atoms with Crippen molar-refractivity contribution in [3.63, 3.8) is 0 Å². The van der Waals surface area contributed by atoms with Crippen LogP contribution in [0.2, 0.25) is 0 Å². The first-order chi connectivity index (χ1) is 14.5. The third-order valence-corrected chi connectivity index (χ3v) is 5.35. The van der Waals surface area contributed by atoms with Gasteiger partial charge in [0.25, 0.3) is 0 Å². The first-order valence-electron chi connectivity index (χ1n) is 10.5. The third-order valence-electron chi connectivity index (χ3n) is 5.35. The number of nitrogens with zero attached hydrogens (tertiary/aromatic N) is 2. The molecule has 6 nitrogen and oxygen atoms in total. The number of piperazine rings is 1. The molecule has 1 atom stereocenters. The van der Waals surface area contributed by atoms with Crippen LogP contribution < -0.4 is 5.32 Å². The molecule has 1 aliphatic rings. The first kappa shape index (κ1) is 21.8. The average Bonchev–Trinajstić information content (AvgIpc) is 2.77. The van der Waals surface area contributed by atoms with E-state index in [-0.39, 0.29) is 18.4 Å². The summed E-state index contributed by atoms with van der Waals surface area (Å²) in [6.45, 7) is 7.92. The van der Waals surface area contributed by atoms with E-state index in [9.17, 15) is 9.59 Å². The number of carbonyl (C=O) groups is 2. The minimum atomic E-state index is -0.589. The normalized spacial score (nSPS) is 15.6. The number of nitrogens with one attached hydrogen (secondary N) is 1. The standard InChI is InChI=1S/C24H31N3O3/c1-19(2)22(25-24(29)30-18-21-11-7-4-8-12-21)23(28)27-15-13-26(14-16-27)17-20-9-5-3-6-10-20/h3-12,19,22H,13-18H2,1-2H3,(H,25,29).